The summed E-state index contributed by atoms with van der Waals surface area (Å²) in [6.07, 6.45) is 1.64. The number of rotatable bonds is 3. The summed E-state index contributed by atoms with van der Waals surface area (Å²) in [6.45, 7) is 1.60. The van der Waals surface area contributed by atoms with E-state index in [1.807, 2.05) is 12.1 Å². The second-order valence-electron chi connectivity index (χ2n) is 4.96. The molecule has 0 fully saturated rings. The molecule has 0 aliphatic rings. The molecule has 6 heteroatoms. The molecule has 0 atom stereocenters. The molecule has 2 aromatic carbocycles. The van der Waals surface area contributed by atoms with Crippen molar-refractivity contribution < 1.29 is 15.0 Å². The number of aliphatic imine (C=N–C) groups is 1. The first kappa shape index (κ1) is 16.1. The van der Waals surface area contributed by atoms with Gasteiger partial charge in [-0.2, -0.15) is 4.99 Å². The molecular weight excluding hydrogens is 294 g/mol. The van der Waals surface area contributed by atoms with Crippen LogP contribution in [0.4, 0.5) is 0 Å². The second kappa shape index (κ2) is 6.65. The van der Waals surface area contributed by atoms with Gasteiger partial charge in [0.2, 0.25) is 0 Å². The molecule has 0 bridgehead atoms. The van der Waals surface area contributed by atoms with Crippen LogP contribution in [0.1, 0.15) is 12.5 Å². The van der Waals surface area contributed by atoms with E-state index in [9.17, 15) is 15.0 Å². The molecule has 0 aliphatic carbocycles. The number of carbonyl (C=O) groups excluding carboxylic acids is 1. The summed E-state index contributed by atoms with van der Waals surface area (Å²) in [5.41, 5.74) is 12.7. The molecule has 0 unspecified atom stereocenters. The van der Waals surface area contributed by atoms with Crippen LogP contribution in [0.3, 0.4) is 0 Å². The Kier molecular flexibility index (Phi) is 4.66. The highest BCUT2D eigenvalue weighted by atomic mass is 16.3. The molecule has 118 valence electrons. The van der Waals surface area contributed by atoms with Gasteiger partial charge in [0.25, 0.3) is 5.91 Å². The minimum Gasteiger partial charge on any atom is -0.508 e. The van der Waals surface area contributed by atoms with Crippen LogP contribution in [0, 0.1) is 0 Å². The second-order valence-corrected chi connectivity index (χ2v) is 4.96. The Morgan fingerprint density at radius 1 is 1.09 bits per heavy atom. The predicted octanol–water partition coefficient (Wildman–Crippen LogP) is 1.97. The molecule has 2 aromatic rings. The summed E-state index contributed by atoms with van der Waals surface area (Å²) in [5, 5.41) is 19.4. The molecular formula is C17H17N3O3. The number of carbonyl (C=O) groups is 1. The molecule has 1 amide bonds. The summed E-state index contributed by atoms with van der Waals surface area (Å²) >= 11 is 0. The first-order valence-electron chi connectivity index (χ1n) is 6.82. The molecule has 2 rings (SSSR count). The summed E-state index contributed by atoms with van der Waals surface area (Å²) < 4.78 is 0. The molecule has 0 spiro atoms. The Morgan fingerprint density at radius 3 is 2.43 bits per heavy atom. The van der Waals surface area contributed by atoms with Gasteiger partial charge in [0, 0.05) is 17.2 Å². The zero-order valence-corrected chi connectivity index (χ0v) is 12.5. The number of nitrogens with two attached hydrogens (primary N) is 2. The molecule has 6 nitrogen and oxygen atoms in total. The average Bonchev–Trinajstić information content (AvgIpc) is 2.47. The largest absolute Gasteiger partial charge is 0.508 e. The number of aromatic hydroxyl groups is 2. The van der Waals surface area contributed by atoms with Gasteiger partial charge in [0.1, 0.15) is 11.5 Å². The van der Waals surface area contributed by atoms with E-state index in [1.54, 1.807) is 31.2 Å². The SMILES string of the molecule is CC(=Cc1ccccc1-c1ccc(O)cc1O)C(=O)N=C(N)N. The van der Waals surface area contributed by atoms with Crippen molar-refractivity contribution in [3.05, 3.63) is 53.6 Å². The number of phenolic OH excluding ortho intramolecular Hbond substituents is 2. The number of nitrogens with zero attached hydrogens (tertiary/aromatic N) is 1. The van der Waals surface area contributed by atoms with Crippen LogP contribution in [-0.2, 0) is 4.79 Å². The lowest BCUT2D eigenvalue weighted by atomic mass is 9.97. The van der Waals surface area contributed by atoms with Crippen LogP contribution in [0.25, 0.3) is 17.2 Å². The fraction of sp³-hybridized carbons (Fsp3) is 0.0588. The maximum atomic E-state index is 11.8. The van der Waals surface area contributed by atoms with Crippen molar-refractivity contribution in [2.75, 3.05) is 0 Å². The average molecular weight is 311 g/mol. The fourth-order valence-corrected chi connectivity index (χ4v) is 2.12. The van der Waals surface area contributed by atoms with Crippen molar-refractivity contribution in [2.45, 2.75) is 6.92 Å². The smallest absolute Gasteiger partial charge is 0.275 e. The van der Waals surface area contributed by atoms with E-state index in [0.29, 0.717) is 22.3 Å². The Balaban J connectivity index is 2.50. The highest BCUT2D eigenvalue weighted by Gasteiger charge is 2.10. The van der Waals surface area contributed by atoms with E-state index in [-0.39, 0.29) is 17.5 Å². The molecule has 0 saturated heterocycles. The van der Waals surface area contributed by atoms with Crippen molar-refractivity contribution in [3.8, 4) is 22.6 Å². The highest BCUT2D eigenvalue weighted by Crippen LogP contribution is 2.34. The number of phenols is 2. The van der Waals surface area contributed by atoms with Crippen molar-refractivity contribution in [1.82, 2.24) is 0 Å². The van der Waals surface area contributed by atoms with Crippen molar-refractivity contribution >= 4 is 17.9 Å². The maximum Gasteiger partial charge on any atom is 0.275 e. The summed E-state index contributed by atoms with van der Waals surface area (Å²) in [4.78, 5) is 15.3. The third-order valence-corrected chi connectivity index (χ3v) is 3.17. The Morgan fingerprint density at radius 2 is 1.78 bits per heavy atom. The van der Waals surface area contributed by atoms with Crippen LogP contribution in [-0.4, -0.2) is 22.1 Å². The van der Waals surface area contributed by atoms with Crippen LogP contribution in [0.5, 0.6) is 11.5 Å². The normalized spacial score (nSPS) is 11.1. The molecule has 0 aromatic heterocycles. The van der Waals surface area contributed by atoms with Gasteiger partial charge in [0.05, 0.1) is 0 Å². The Hall–Kier alpha value is -3.28. The van der Waals surface area contributed by atoms with Gasteiger partial charge in [0.15, 0.2) is 5.96 Å². The van der Waals surface area contributed by atoms with Gasteiger partial charge in [-0.25, -0.2) is 0 Å². The quantitative estimate of drug-likeness (QED) is 0.392. The third-order valence-electron chi connectivity index (χ3n) is 3.17. The fourth-order valence-electron chi connectivity index (χ4n) is 2.12. The first-order valence-corrected chi connectivity index (χ1v) is 6.82. The van der Waals surface area contributed by atoms with Crippen LogP contribution in [0.2, 0.25) is 0 Å². The molecule has 0 heterocycles. The van der Waals surface area contributed by atoms with E-state index in [2.05, 4.69) is 4.99 Å². The molecule has 0 saturated carbocycles. The van der Waals surface area contributed by atoms with Crippen molar-refractivity contribution in [2.24, 2.45) is 16.5 Å². The van der Waals surface area contributed by atoms with Gasteiger partial charge in [-0.05, 0) is 36.3 Å². The van der Waals surface area contributed by atoms with Crippen LogP contribution in [0.15, 0.2) is 53.0 Å². The van der Waals surface area contributed by atoms with E-state index in [0.717, 1.165) is 0 Å². The minimum atomic E-state index is -0.533. The van der Waals surface area contributed by atoms with E-state index >= 15 is 0 Å². The zero-order chi connectivity index (χ0) is 17.0. The topological polar surface area (TPSA) is 122 Å². The number of benzene rings is 2. The molecule has 23 heavy (non-hydrogen) atoms. The standard InChI is InChI=1S/C17H17N3O3/c1-10(16(23)20-17(18)19)8-11-4-2-3-5-13(11)14-7-6-12(21)9-15(14)22/h2-9,21-22H,1H3,(H4,18,19,20,23). The number of hydrogen-bond acceptors (Lipinski definition) is 3. The molecule has 0 aliphatic heterocycles. The lowest BCUT2D eigenvalue weighted by Gasteiger charge is -2.09. The van der Waals surface area contributed by atoms with Gasteiger partial charge < -0.3 is 21.7 Å². The van der Waals surface area contributed by atoms with E-state index < -0.39 is 5.91 Å². The monoisotopic (exact) mass is 311 g/mol. The van der Waals surface area contributed by atoms with Crippen molar-refractivity contribution in [1.29, 1.82) is 0 Å². The lowest BCUT2D eigenvalue weighted by Crippen LogP contribution is -2.24. The van der Waals surface area contributed by atoms with Gasteiger partial charge in [-0.15, -0.1) is 0 Å². The highest BCUT2D eigenvalue weighted by molar-refractivity contribution is 6.04. The predicted molar refractivity (Wildman–Crippen MR) is 89.7 cm³/mol. The summed E-state index contributed by atoms with van der Waals surface area (Å²) in [6, 6.07) is 11.6. The number of amides is 1. The van der Waals surface area contributed by atoms with E-state index in [4.69, 9.17) is 11.5 Å². The Labute approximate surface area is 133 Å². The first-order chi connectivity index (χ1) is 10.9. The van der Waals surface area contributed by atoms with E-state index in [1.165, 1.54) is 12.1 Å². The minimum absolute atomic E-state index is 0.0293. The maximum absolute atomic E-state index is 11.8. The van der Waals surface area contributed by atoms with Gasteiger partial charge in [-0.3, -0.25) is 4.79 Å². The van der Waals surface area contributed by atoms with Crippen LogP contribution >= 0.6 is 0 Å². The lowest BCUT2D eigenvalue weighted by molar-refractivity contribution is -0.114. The molecule has 6 N–H and O–H groups in total. The van der Waals surface area contributed by atoms with Crippen molar-refractivity contribution in [3.63, 3.8) is 0 Å². The zero-order valence-electron chi connectivity index (χ0n) is 12.5. The summed E-state index contributed by atoms with van der Waals surface area (Å²) in [5.74, 6) is -0.917. The summed E-state index contributed by atoms with van der Waals surface area (Å²) in [7, 11) is 0. The van der Waals surface area contributed by atoms with Crippen LogP contribution < -0.4 is 11.5 Å². The Bertz CT molecular complexity index is 806. The van der Waals surface area contributed by atoms with Gasteiger partial charge >= 0.3 is 0 Å². The third kappa shape index (κ3) is 3.88. The van der Waals surface area contributed by atoms with Gasteiger partial charge in [-0.1, -0.05) is 24.3 Å². The number of hydrogen-bond donors (Lipinski definition) is 4. The molecule has 0 radical (unpaired) electrons. The number of guanidine groups is 1.